The number of rotatable bonds is 5. The normalized spacial score (nSPS) is 19.4. The Hall–Kier alpha value is -2.42. The fraction of sp³-hybridized carbons (Fsp3) is 0.294. The molecule has 1 fully saturated rings. The molecule has 0 radical (unpaired) electrons. The molecule has 3 rings (SSSR count). The molecule has 2 aliphatic heterocycles. The molecule has 10 heteroatoms. The van der Waals surface area contributed by atoms with Crippen LogP contribution in [-0.2, 0) is 23.9 Å². The van der Waals surface area contributed by atoms with Crippen LogP contribution < -0.4 is 10.3 Å². The van der Waals surface area contributed by atoms with E-state index < -0.39 is 23.8 Å². The number of anilines is 1. The second-order valence-corrected chi connectivity index (χ2v) is 6.92. The van der Waals surface area contributed by atoms with Crippen LogP contribution in [0.3, 0.4) is 0 Å². The van der Waals surface area contributed by atoms with Crippen molar-refractivity contribution in [1.82, 2.24) is 10.4 Å². The van der Waals surface area contributed by atoms with Gasteiger partial charge in [0.05, 0.1) is 18.4 Å². The summed E-state index contributed by atoms with van der Waals surface area (Å²) in [5, 5.41) is 1.89. The number of hydrazine groups is 1. The van der Waals surface area contributed by atoms with Gasteiger partial charge in [0, 0.05) is 23.0 Å². The maximum atomic E-state index is 13.0. The van der Waals surface area contributed by atoms with Gasteiger partial charge >= 0.3 is 5.97 Å². The topological polar surface area (TPSA) is 96.0 Å². The predicted molar refractivity (Wildman–Crippen MR) is 96.9 cm³/mol. The average Bonchev–Trinajstić information content (AvgIpc) is 3.08. The number of amides is 2. The van der Waals surface area contributed by atoms with Crippen LogP contribution in [0.1, 0.15) is 13.3 Å². The van der Waals surface area contributed by atoms with Crippen molar-refractivity contribution in [3.63, 3.8) is 0 Å². The zero-order valence-corrected chi connectivity index (χ0v) is 15.9. The lowest BCUT2D eigenvalue weighted by Crippen LogP contribution is -2.47. The zero-order chi connectivity index (χ0) is 19.9. The number of hydrogen-bond donors (Lipinski definition) is 1. The van der Waals surface area contributed by atoms with Gasteiger partial charge in [0.2, 0.25) is 0 Å². The lowest BCUT2D eigenvalue weighted by atomic mass is 10.1. The van der Waals surface area contributed by atoms with Crippen LogP contribution in [0.5, 0.6) is 0 Å². The van der Waals surface area contributed by atoms with Gasteiger partial charge in [0.1, 0.15) is 17.5 Å². The van der Waals surface area contributed by atoms with Crippen molar-refractivity contribution >= 4 is 52.5 Å². The maximum absolute atomic E-state index is 13.0. The molecule has 1 aromatic carbocycles. The minimum Gasteiger partial charge on any atom is -0.464 e. The number of halogens is 2. The molecule has 2 heterocycles. The van der Waals surface area contributed by atoms with Crippen LogP contribution in [0, 0.1) is 0 Å². The molecule has 27 heavy (non-hydrogen) atoms. The molecular weight excluding hydrogens is 397 g/mol. The Labute approximate surface area is 164 Å². The number of Topliss-reactive ketones (excluding diaryl/α,β-unsaturated/α-hetero) is 1. The highest BCUT2D eigenvalue weighted by Gasteiger charge is 2.54. The third-order valence-corrected chi connectivity index (χ3v) is 4.63. The summed E-state index contributed by atoms with van der Waals surface area (Å²) in [6.45, 7) is 1.54. The highest BCUT2D eigenvalue weighted by molar-refractivity contribution is 6.37. The molecule has 1 saturated heterocycles. The highest BCUT2D eigenvalue weighted by atomic mass is 35.5. The summed E-state index contributed by atoms with van der Waals surface area (Å²) in [6.07, 6.45) is 0.135. The van der Waals surface area contributed by atoms with Gasteiger partial charge in [-0.3, -0.25) is 14.4 Å². The van der Waals surface area contributed by atoms with Gasteiger partial charge in [-0.1, -0.05) is 23.2 Å². The Kier molecular flexibility index (Phi) is 5.23. The first-order valence-corrected chi connectivity index (χ1v) is 8.69. The lowest BCUT2D eigenvalue weighted by Gasteiger charge is -2.23. The summed E-state index contributed by atoms with van der Waals surface area (Å²) >= 11 is 12.0. The standard InChI is InChI=1S/C17H15Cl2N3O5/c1-8(23)3-4-21-14-12(13(20-21)17(26)27-2)15(24)22(16(14)25)11-6-9(18)5-10(19)7-11/h5-7,14,20H,3-4H2,1-2H3/t14-/m1/s1. The first-order chi connectivity index (χ1) is 12.7. The number of methoxy groups -OCH3 is 1. The molecule has 8 nitrogen and oxygen atoms in total. The number of hydrogen-bond acceptors (Lipinski definition) is 7. The fourth-order valence-corrected chi connectivity index (χ4v) is 3.53. The van der Waals surface area contributed by atoms with Crippen molar-refractivity contribution in [3.05, 3.63) is 39.5 Å². The summed E-state index contributed by atoms with van der Waals surface area (Å²) in [5.41, 5.74) is 2.75. The van der Waals surface area contributed by atoms with Crippen molar-refractivity contribution < 1.29 is 23.9 Å². The van der Waals surface area contributed by atoms with Crippen molar-refractivity contribution in [2.75, 3.05) is 18.6 Å². The quantitative estimate of drug-likeness (QED) is 0.578. The van der Waals surface area contributed by atoms with Crippen molar-refractivity contribution in [1.29, 1.82) is 0 Å². The number of carbonyl (C=O) groups is 4. The Balaban J connectivity index is 2.04. The predicted octanol–water partition coefficient (Wildman–Crippen LogP) is 1.46. The van der Waals surface area contributed by atoms with Crippen molar-refractivity contribution in [2.45, 2.75) is 19.4 Å². The second kappa shape index (κ2) is 7.30. The molecule has 0 saturated carbocycles. The van der Waals surface area contributed by atoms with Crippen LogP contribution in [-0.4, -0.2) is 48.3 Å². The second-order valence-electron chi connectivity index (χ2n) is 6.05. The first-order valence-electron chi connectivity index (χ1n) is 7.94. The molecular formula is C17H15Cl2N3O5. The molecule has 142 valence electrons. The minimum absolute atomic E-state index is 0.0356. The Morgan fingerprint density at radius 3 is 2.37 bits per heavy atom. The first kappa shape index (κ1) is 19.3. The van der Waals surface area contributed by atoms with Gasteiger partial charge in [-0.25, -0.2) is 14.7 Å². The van der Waals surface area contributed by atoms with Crippen LogP contribution in [0.2, 0.25) is 10.0 Å². The van der Waals surface area contributed by atoms with E-state index in [9.17, 15) is 19.2 Å². The van der Waals surface area contributed by atoms with E-state index in [0.717, 1.165) is 4.90 Å². The smallest absolute Gasteiger partial charge is 0.356 e. The van der Waals surface area contributed by atoms with E-state index in [1.165, 1.54) is 37.2 Å². The number of fused-ring (bicyclic) bond motifs is 1. The number of esters is 1. The molecule has 1 N–H and O–H groups in total. The summed E-state index contributed by atoms with van der Waals surface area (Å²) in [4.78, 5) is 50.3. The van der Waals surface area contributed by atoms with E-state index in [2.05, 4.69) is 5.43 Å². The van der Waals surface area contributed by atoms with Gasteiger partial charge in [0.15, 0.2) is 0 Å². The maximum Gasteiger partial charge on any atom is 0.356 e. The number of benzene rings is 1. The molecule has 0 aromatic heterocycles. The van der Waals surface area contributed by atoms with Gasteiger partial charge < -0.3 is 10.2 Å². The number of carbonyl (C=O) groups excluding carboxylic acids is 4. The molecule has 2 amide bonds. The van der Waals surface area contributed by atoms with Gasteiger partial charge in [-0.15, -0.1) is 0 Å². The third-order valence-electron chi connectivity index (χ3n) is 4.20. The van der Waals surface area contributed by atoms with Crippen LogP contribution in [0.4, 0.5) is 5.69 Å². The molecule has 0 unspecified atom stereocenters. The van der Waals surface area contributed by atoms with Gasteiger partial charge in [0.25, 0.3) is 11.8 Å². The molecule has 2 aliphatic rings. The average molecular weight is 412 g/mol. The Morgan fingerprint density at radius 1 is 1.19 bits per heavy atom. The fourth-order valence-electron chi connectivity index (χ4n) is 3.02. The zero-order valence-electron chi connectivity index (χ0n) is 14.4. The Bertz CT molecular complexity index is 878. The monoisotopic (exact) mass is 411 g/mol. The number of nitrogens with zero attached hydrogens (tertiary/aromatic N) is 2. The summed E-state index contributed by atoms with van der Waals surface area (Å²) in [5.74, 6) is -2.14. The van der Waals surface area contributed by atoms with E-state index >= 15 is 0 Å². The third kappa shape index (κ3) is 3.43. The molecule has 0 spiro atoms. The van der Waals surface area contributed by atoms with Gasteiger partial charge in [-0.05, 0) is 25.1 Å². The van der Waals surface area contributed by atoms with Gasteiger partial charge in [-0.2, -0.15) is 0 Å². The molecule has 0 aliphatic carbocycles. The van der Waals surface area contributed by atoms with E-state index in [4.69, 9.17) is 27.9 Å². The van der Waals surface area contributed by atoms with E-state index in [1.807, 2.05) is 0 Å². The van der Waals surface area contributed by atoms with E-state index in [0.29, 0.717) is 0 Å². The number of nitrogens with one attached hydrogen (secondary N) is 1. The Morgan fingerprint density at radius 2 is 1.81 bits per heavy atom. The summed E-state index contributed by atoms with van der Waals surface area (Å²) in [6, 6.07) is 3.27. The molecule has 1 atom stereocenters. The number of imide groups is 1. The SMILES string of the molecule is COC(=O)C1=C2C(=O)N(c3cc(Cl)cc(Cl)c3)C(=O)[C@@H]2N(CCC(C)=O)N1. The van der Waals surface area contributed by atoms with Crippen LogP contribution in [0.15, 0.2) is 29.5 Å². The lowest BCUT2D eigenvalue weighted by molar-refractivity contribution is -0.137. The minimum atomic E-state index is -1.05. The largest absolute Gasteiger partial charge is 0.464 e. The summed E-state index contributed by atoms with van der Waals surface area (Å²) in [7, 11) is 1.17. The van der Waals surface area contributed by atoms with Crippen LogP contribution in [0.25, 0.3) is 0 Å². The molecule has 0 bridgehead atoms. The van der Waals surface area contributed by atoms with E-state index in [1.54, 1.807) is 0 Å². The van der Waals surface area contributed by atoms with Crippen molar-refractivity contribution in [3.8, 4) is 0 Å². The number of ether oxygens (including phenoxy) is 1. The highest BCUT2D eigenvalue weighted by Crippen LogP contribution is 2.36. The summed E-state index contributed by atoms with van der Waals surface area (Å²) < 4.78 is 4.70. The molecule has 1 aromatic rings. The van der Waals surface area contributed by atoms with Crippen molar-refractivity contribution in [2.24, 2.45) is 0 Å². The number of ketones is 1. The van der Waals surface area contributed by atoms with E-state index in [-0.39, 0.29) is 45.8 Å². The van der Waals surface area contributed by atoms with Crippen LogP contribution >= 0.6 is 23.2 Å².